The van der Waals surface area contributed by atoms with Crippen LogP contribution >= 0.6 is 0 Å². The summed E-state index contributed by atoms with van der Waals surface area (Å²) in [4.78, 5) is 34.0. The summed E-state index contributed by atoms with van der Waals surface area (Å²) in [6.45, 7) is 6.12. The summed E-state index contributed by atoms with van der Waals surface area (Å²) in [6.07, 6.45) is -1.73. The van der Waals surface area contributed by atoms with Gasteiger partial charge in [0.2, 0.25) is 5.91 Å². The number of rotatable bonds is 3. The van der Waals surface area contributed by atoms with E-state index in [0.29, 0.717) is 56.8 Å². The van der Waals surface area contributed by atoms with Gasteiger partial charge in [-0.2, -0.15) is 13.2 Å². The number of likely N-dealkylation sites (tertiary alicyclic amines) is 1. The average molecular weight is 462 g/mol. The molecular formula is C25H30F3N3O2. The van der Waals surface area contributed by atoms with Crippen molar-refractivity contribution in [3.05, 3.63) is 46.5 Å². The zero-order valence-electron chi connectivity index (χ0n) is 19.1. The SMILES string of the molecule is CC(C)C(=O)N1CCCC2=C(C1)C(C(=O)N1CCC(c3ccccc3C(F)(F)F)CC1)=NC2. The molecule has 1 aromatic carbocycles. The van der Waals surface area contributed by atoms with Gasteiger partial charge < -0.3 is 9.80 Å². The minimum Gasteiger partial charge on any atom is -0.338 e. The van der Waals surface area contributed by atoms with E-state index in [1.54, 1.807) is 17.0 Å². The van der Waals surface area contributed by atoms with E-state index in [1.807, 2.05) is 18.7 Å². The molecule has 0 aromatic heterocycles. The summed E-state index contributed by atoms with van der Waals surface area (Å²) in [5, 5.41) is 0. The van der Waals surface area contributed by atoms with Crippen molar-refractivity contribution < 1.29 is 22.8 Å². The van der Waals surface area contributed by atoms with Gasteiger partial charge in [0.25, 0.3) is 5.91 Å². The molecule has 0 radical (unpaired) electrons. The molecular weight excluding hydrogens is 431 g/mol. The van der Waals surface area contributed by atoms with Crippen LogP contribution in [0, 0.1) is 5.92 Å². The Labute approximate surface area is 192 Å². The van der Waals surface area contributed by atoms with Crippen molar-refractivity contribution in [2.24, 2.45) is 10.9 Å². The molecule has 0 unspecified atom stereocenters. The van der Waals surface area contributed by atoms with Gasteiger partial charge in [-0.25, -0.2) is 0 Å². The molecule has 33 heavy (non-hydrogen) atoms. The number of carbonyl (C=O) groups excluding carboxylic acids is 2. The van der Waals surface area contributed by atoms with Crippen LogP contribution in [0.2, 0.25) is 0 Å². The highest BCUT2D eigenvalue weighted by molar-refractivity contribution is 6.46. The molecule has 0 atom stereocenters. The van der Waals surface area contributed by atoms with Crippen LogP contribution < -0.4 is 0 Å². The van der Waals surface area contributed by atoms with Crippen molar-refractivity contribution in [3.63, 3.8) is 0 Å². The van der Waals surface area contributed by atoms with Crippen molar-refractivity contribution in [1.29, 1.82) is 0 Å². The Morgan fingerprint density at radius 2 is 1.76 bits per heavy atom. The van der Waals surface area contributed by atoms with E-state index in [4.69, 9.17) is 0 Å². The van der Waals surface area contributed by atoms with Crippen molar-refractivity contribution in [2.45, 2.75) is 51.6 Å². The smallest absolute Gasteiger partial charge is 0.338 e. The molecule has 1 fully saturated rings. The Balaban J connectivity index is 1.44. The molecule has 178 valence electrons. The molecule has 5 nitrogen and oxygen atoms in total. The Hall–Kier alpha value is -2.64. The predicted molar refractivity (Wildman–Crippen MR) is 120 cm³/mol. The van der Waals surface area contributed by atoms with Crippen LogP contribution in [0.1, 0.15) is 56.6 Å². The largest absolute Gasteiger partial charge is 0.416 e. The van der Waals surface area contributed by atoms with Crippen LogP contribution in [0.25, 0.3) is 0 Å². The monoisotopic (exact) mass is 461 g/mol. The number of aliphatic imine (C=N–C) groups is 1. The molecule has 1 saturated heterocycles. The molecule has 0 spiro atoms. The highest BCUT2D eigenvalue weighted by Crippen LogP contribution is 2.39. The van der Waals surface area contributed by atoms with Gasteiger partial charge in [0, 0.05) is 37.7 Å². The molecule has 0 saturated carbocycles. The van der Waals surface area contributed by atoms with Gasteiger partial charge in [0.15, 0.2) is 0 Å². The quantitative estimate of drug-likeness (QED) is 0.668. The first-order chi connectivity index (χ1) is 15.7. The van der Waals surface area contributed by atoms with E-state index < -0.39 is 11.7 Å². The second-order valence-electron chi connectivity index (χ2n) is 9.42. The summed E-state index contributed by atoms with van der Waals surface area (Å²) in [5.74, 6) is -0.430. The number of alkyl halides is 3. The zero-order valence-corrected chi connectivity index (χ0v) is 19.1. The number of nitrogens with zero attached hydrogens (tertiary/aromatic N) is 3. The van der Waals surface area contributed by atoms with Gasteiger partial charge in [-0.3, -0.25) is 14.6 Å². The Morgan fingerprint density at radius 3 is 2.42 bits per heavy atom. The molecule has 0 N–H and O–H groups in total. The maximum atomic E-state index is 13.4. The summed E-state index contributed by atoms with van der Waals surface area (Å²) < 4.78 is 40.3. The second-order valence-corrected chi connectivity index (χ2v) is 9.42. The van der Waals surface area contributed by atoms with Gasteiger partial charge in [-0.15, -0.1) is 0 Å². The van der Waals surface area contributed by atoms with Crippen LogP contribution in [0.15, 0.2) is 40.4 Å². The van der Waals surface area contributed by atoms with E-state index in [2.05, 4.69) is 4.99 Å². The first-order valence-corrected chi connectivity index (χ1v) is 11.7. The molecule has 4 rings (SSSR count). The fourth-order valence-corrected chi connectivity index (χ4v) is 5.11. The summed E-state index contributed by atoms with van der Waals surface area (Å²) in [5.41, 5.74) is 2.16. The highest BCUT2D eigenvalue weighted by atomic mass is 19.4. The fraction of sp³-hybridized carbons (Fsp3) is 0.560. The summed E-state index contributed by atoms with van der Waals surface area (Å²) >= 11 is 0. The van der Waals surface area contributed by atoms with E-state index in [9.17, 15) is 22.8 Å². The Morgan fingerprint density at radius 1 is 1.06 bits per heavy atom. The Kier molecular flexibility index (Phi) is 6.64. The molecule has 2 amide bonds. The molecule has 3 heterocycles. The summed E-state index contributed by atoms with van der Waals surface area (Å²) in [7, 11) is 0. The first kappa shape index (κ1) is 23.5. The number of amides is 2. The van der Waals surface area contributed by atoms with E-state index >= 15 is 0 Å². The minimum atomic E-state index is -4.39. The van der Waals surface area contributed by atoms with Crippen molar-refractivity contribution in [3.8, 4) is 0 Å². The molecule has 0 bridgehead atoms. The molecule has 8 heteroatoms. The lowest BCUT2D eigenvalue weighted by Crippen LogP contribution is -2.44. The predicted octanol–water partition coefficient (Wildman–Crippen LogP) is 4.44. The maximum Gasteiger partial charge on any atom is 0.416 e. The lowest BCUT2D eigenvalue weighted by molar-refractivity contribution is -0.138. The van der Waals surface area contributed by atoms with Gasteiger partial charge >= 0.3 is 6.18 Å². The maximum absolute atomic E-state index is 13.4. The molecule has 3 aliphatic heterocycles. The fourth-order valence-electron chi connectivity index (χ4n) is 5.11. The lowest BCUT2D eigenvalue weighted by atomic mass is 9.86. The van der Waals surface area contributed by atoms with Crippen molar-refractivity contribution >= 4 is 17.5 Å². The summed E-state index contributed by atoms with van der Waals surface area (Å²) in [6, 6.07) is 5.73. The average Bonchev–Trinajstić information content (AvgIpc) is 3.07. The number of hydrogen-bond acceptors (Lipinski definition) is 3. The van der Waals surface area contributed by atoms with Crippen LogP contribution in [-0.2, 0) is 15.8 Å². The van der Waals surface area contributed by atoms with Gasteiger partial charge in [0.1, 0.15) is 5.71 Å². The van der Waals surface area contributed by atoms with Gasteiger partial charge in [-0.05, 0) is 48.8 Å². The van der Waals surface area contributed by atoms with E-state index in [0.717, 1.165) is 30.1 Å². The number of hydrogen-bond donors (Lipinski definition) is 0. The second kappa shape index (κ2) is 9.31. The normalized spacial score (nSPS) is 20.1. The van der Waals surface area contributed by atoms with E-state index in [1.165, 1.54) is 6.07 Å². The standard InChI is InChI=1S/C25H30F3N3O2/c1-16(2)23(32)31-11-5-6-18-14-29-22(20(18)15-31)24(33)30-12-9-17(10-13-30)19-7-3-4-8-21(19)25(26,27)28/h3-4,7-8,16-17H,5-6,9-15H2,1-2H3. The third-order valence-electron chi connectivity index (χ3n) is 6.89. The van der Waals surface area contributed by atoms with Crippen molar-refractivity contribution in [2.75, 3.05) is 32.7 Å². The van der Waals surface area contributed by atoms with Gasteiger partial charge in [-0.1, -0.05) is 32.0 Å². The molecule has 3 aliphatic rings. The lowest BCUT2D eigenvalue weighted by Gasteiger charge is -2.33. The third-order valence-corrected chi connectivity index (χ3v) is 6.89. The van der Waals surface area contributed by atoms with Crippen LogP contribution in [0.5, 0.6) is 0 Å². The Bertz CT molecular complexity index is 989. The van der Waals surface area contributed by atoms with Gasteiger partial charge in [0.05, 0.1) is 12.1 Å². The minimum absolute atomic E-state index is 0.0755. The third kappa shape index (κ3) is 4.84. The molecule has 1 aromatic rings. The molecule has 0 aliphatic carbocycles. The first-order valence-electron chi connectivity index (χ1n) is 11.7. The van der Waals surface area contributed by atoms with E-state index in [-0.39, 0.29) is 23.7 Å². The van der Waals surface area contributed by atoms with Crippen LogP contribution in [0.4, 0.5) is 13.2 Å². The van der Waals surface area contributed by atoms with Crippen LogP contribution in [-0.4, -0.2) is 60.0 Å². The zero-order chi connectivity index (χ0) is 23.8. The number of piperidine rings is 1. The van der Waals surface area contributed by atoms with Crippen LogP contribution in [0.3, 0.4) is 0 Å². The highest BCUT2D eigenvalue weighted by Gasteiger charge is 2.37. The van der Waals surface area contributed by atoms with Crippen molar-refractivity contribution in [1.82, 2.24) is 9.80 Å². The topological polar surface area (TPSA) is 53.0 Å². The number of carbonyl (C=O) groups is 2. The number of benzene rings is 1. The number of halogens is 3.